The van der Waals surface area contributed by atoms with Gasteiger partial charge in [0.1, 0.15) is 5.75 Å². The zero-order valence-electron chi connectivity index (χ0n) is 16.9. The highest BCUT2D eigenvalue weighted by Crippen LogP contribution is 2.36. The number of pyridine rings is 1. The number of hydrogen-bond donors (Lipinski definition) is 1. The molecule has 1 amide bonds. The topological polar surface area (TPSA) is 57.7 Å². The lowest BCUT2D eigenvalue weighted by atomic mass is 10.1. The van der Waals surface area contributed by atoms with E-state index in [9.17, 15) is 4.79 Å². The fourth-order valence-corrected chi connectivity index (χ4v) is 4.33. The first-order chi connectivity index (χ1) is 14.8. The van der Waals surface area contributed by atoms with E-state index >= 15 is 0 Å². The van der Waals surface area contributed by atoms with Gasteiger partial charge in [-0.1, -0.05) is 46.9 Å². The van der Waals surface area contributed by atoms with Crippen molar-refractivity contribution in [2.24, 2.45) is 0 Å². The summed E-state index contributed by atoms with van der Waals surface area (Å²) in [6.07, 6.45) is 4.04. The van der Waals surface area contributed by atoms with Crippen LogP contribution in [0.25, 0.3) is 0 Å². The van der Waals surface area contributed by atoms with Gasteiger partial charge in [-0.2, -0.15) is 0 Å². The number of amides is 1. The first kappa shape index (κ1) is 23.9. The molecule has 1 unspecified atom stereocenters. The van der Waals surface area contributed by atoms with Gasteiger partial charge in [-0.05, 0) is 54.9 Å². The molecule has 6 nitrogen and oxygen atoms in total. The Hall–Kier alpha value is -1.80. The molecule has 0 aliphatic carbocycles. The van der Waals surface area contributed by atoms with Crippen LogP contribution < -0.4 is 15.0 Å². The SMILES string of the molecule is COc1ccccc1N1CCCN(C(NC(=O)CCc2ccncc2)C(Cl)(Cl)Cl)C1=S. The first-order valence-corrected chi connectivity index (χ1v) is 11.3. The number of anilines is 1. The van der Waals surface area contributed by atoms with Gasteiger partial charge in [-0.15, -0.1) is 0 Å². The minimum atomic E-state index is -1.78. The standard InChI is InChI=1S/C21H23Cl3N4O2S/c1-30-17-6-3-2-5-16(17)27-13-4-14-28(20(27)31)19(21(22,23)24)26-18(29)8-7-15-9-11-25-12-10-15/h2-3,5-6,9-12,19H,4,7-8,13-14H2,1H3,(H,26,29). The van der Waals surface area contributed by atoms with Gasteiger partial charge >= 0.3 is 0 Å². The van der Waals surface area contributed by atoms with E-state index in [1.54, 1.807) is 24.4 Å². The monoisotopic (exact) mass is 500 g/mol. The van der Waals surface area contributed by atoms with Crippen molar-refractivity contribution in [2.45, 2.75) is 29.2 Å². The van der Waals surface area contributed by atoms with Crippen LogP contribution in [0.2, 0.25) is 0 Å². The third-order valence-corrected chi connectivity index (χ3v) is 6.02. The minimum absolute atomic E-state index is 0.231. The number of aromatic nitrogens is 1. The normalized spacial score (nSPS) is 15.5. The molecule has 1 aliphatic rings. The lowest BCUT2D eigenvalue weighted by molar-refractivity contribution is -0.122. The number of carbonyl (C=O) groups is 1. The molecular weight excluding hydrogens is 479 g/mol. The van der Waals surface area contributed by atoms with Crippen LogP contribution in [0.15, 0.2) is 48.8 Å². The zero-order chi connectivity index (χ0) is 22.4. The third kappa shape index (κ3) is 6.13. The number of halogens is 3. The van der Waals surface area contributed by atoms with E-state index in [0.29, 0.717) is 30.4 Å². The Labute approximate surface area is 202 Å². The predicted molar refractivity (Wildman–Crippen MR) is 129 cm³/mol. The highest BCUT2D eigenvalue weighted by molar-refractivity contribution is 7.80. The largest absolute Gasteiger partial charge is 0.495 e. The van der Waals surface area contributed by atoms with Crippen molar-refractivity contribution < 1.29 is 9.53 Å². The molecule has 0 radical (unpaired) electrons. The number of methoxy groups -OCH3 is 1. The number of nitrogens with one attached hydrogen (secondary N) is 1. The number of benzene rings is 1. The maximum Gasteiger partial charge on any atom is 0.228 e. The zero-order valence-corrected chi connectivity index (χ0v) is 20.0. The summed E-state index contributed by atoms with van der Waals surface area (Å²) in [4.78, 5) is 20.3. The summed E-state index contributed by atoms with van der Waals surface area (Å²) in [7, 11) is 1.61. The number of thiocarbonyl (C=S) groups is 1. The molecule has 1 saturated heterocycles. The van der Waals surface area contributed by atoms with Crippen LogP contribution in [0.5, 0.6) is 5.75 Å². The second kappa shape index (κ2) is 10.7. The molecule has 31 heavy (non-hydrogen) atoms. The van der Waals surface area contributed by atoms with Crippen LogP contribution in [0.4, 0.5) is 5.69 Å². The average Bonchev–Trinajstić information content (AvgIpc) is 2.76. The maximum atomic E-state index is 12.7. The molecule has 1 atom stereocenters. The molecule has 2 heterocycles. The number of para-hydroxylation sites is 2. The summed E-state index contributed by atoms with van der Waals surface area (Å²) in [6, 6.07) is 11.3. The molecule has 0 saturated carbocycles. The number of rotatable bonds is 7. The van der Waals surface area contributed by atoms with Crippen molar-refractivity contribution in [2.75, 3.05) is 25.1 Å². The van der Waals surface area contributed by atoms with E-state index < -0.39 is 9.96 Å². The molecular formula is C21H23Cl3N4O2S. The minimum Gasteiger partial charge on any atom is -0.495 e. The van der Waals surface area contributed by atoms with E-state index in [2.05, 4.69) is 10.3 Å². The molecule has 1 aromatic carbocycles. The van der Waals surface area contributed by atoms with E-state index in [-0.39, 0.29) is 12.3 Å². The van der Waals surface area contributed by atoms with Gasteiger partial charge in [0.25, 0.3) is 0 Å². The van der Waals surface area contributed by atoms with Crippen LogP contribution >= 0.6 is 47.0 Å². The number of carbonyl (C=O) groups excluding carboxylic acids is 1. The number of hydrogen-bond acceptors (Lipinski definition) is 4. The van der Waals surface area contributed by atoms with Crippen molar-refractivity contribution in [3.05, 3.63) is 54.4 Å². The van der Waals surface area contributed by atoms with Crippen molar-refractivity contribution in [3.63, 3.8) is 0 Å². The fraction of sp³-hybridized carbons (Fsp3) is 0.381. The summed E-state index contributed by atoms with van der Waals surface area (Å²) in [5.41, 5.74) is 1.83. The highest BCUT2D eigenvalue weighted by Gasteiger charge is 2.42. The van der Waals surface area contributed by atoms with E-state index in [0.717, 1.165) is 17.7 Å². The van der Waals surface area contributed by atoms with Gasteiger partial charge in [0.05, 0.1) is 12.8 Å². The highest BCUT2D eigenvalue weighted by atomic mass is 35.6. The second-order valence-corrected chi connectivity index (χ2v) is 9.75. The Kier molecular flexibility index (Phi) is 8.22. The summed E-state index contributed by atoms with van der Waals surface area (Å²) in [6.45, 7) is 1.24. The van der Waals surface area contributed by atoms with Crippen LogP contribution in [0.1, 0.15) is 18.4 Å². The summed E-state index contributed by atoms with van der Waals surface area (Å²) in [5, 5.41) is 3.32. The molecule has 10 heteroatoms. The lowest BCUT2D eigenvalue weighted by Gasteiger charge is -2.44. The fourth-order valence-electron chi connectivity index (χ4n) is 3.43. The van der Waals surface area contributed by atoms with Gasteiger partial charge in [-0.25, -0.2) is 0 Å². The average molecular weight is 502 g/mol. The predicted octanol–water partition coefficient (Wildman–Crippen LogP) is 4.33. The molecule has 0 bridgehead atoms. The van der Waals surface area contributed by atoms with Crippen molar-refractivity contribution in [1.82, 2.24) is 15.2 Å². The smallest absolute Gasteiger partial charge is 0.228 e. The van der Waals surface area contributed by atoms with Crippen LogP contribution in [-0.4, -0.2) is 51.1 Å². The Balaban J connectivity index is 1.75. The second-order valence-electron chi connectivity index (χ2n) is 7.02. The molecule has 2 aromatic rings. The Morgan fingerprint density at radius 2 is 1.94 bits per heavy atom. The molecule has 166 valence electrons. The number of ether oxygens (including phenoxy) is 1. The number of nitrogens with zero attached hydrogens (tertiary/aromatic N) is 3. The van der Waals surface area contributed by atoms with E-state index in [4.69, 9.17) is 51.8 Å². The lowest BCUT2D eigenvalue weighted by Crippen LogP contribution is -2.62. The first-order valence-electron chi connectivity index (χ1n) is 9.77. The van der Waals surface area contributed by atoms with Gasteiger partial charge < -0.3 is 19.9 Å². The Morgan fingerprint density at radius 3 is 2.61 bits per heavy atom. The van der Waals surface area contributed by atoms with Crippen LogP contribution in [0, 0.1) is 0 Å². The molecule has 1 N–H and O–H groups in total. The number of alkyl halides is 3. The van der Waals surface area contributed by atoms with Crippen LogP contribution in [-0.2, 0) is 11.2 Å². The van der Waals surface area contributed by atoms with Crippen molar-refractivity contribution in [3.8, 4) is 5.75 Å². The van der Waals surface area contributed by atoms with E-state index in [1.165, 1.54) is 0 Å². The Bertz CT molecular complexity index is 911. The number of aryl methyl sites for hydroxylation is 1. The molecule has 1 fully saturated rings. The van der Waals surface area contributed by atoms with E-state index in [1.807, 2.05) is 41.3 Å². The van der Waals surface area contributed by atoms with Crippen molar-refractivity contribution in [1.29, 1.82) is 0 Å². The molecule has 1 aromatic heterocycles. The maximum absolute atomic E-state index is 12.7. The van der Waals surface area contributed by atoms with Gasteiger partial charge in [0, 0.05) is 31.9 Å². The molecule has 3 rings (SSSR count). The van der Waals surface area contributed by atoms with Gasteiger partial charge in [0.2, 0.25) is 9.70 Å². The van der Waals surface area contributed by atoms with Crippen molar-refractivity contribution >= 4 is 63.7 Å². The van der Waals surface area contributed by atoms with Gasteiger partial charge in [0.15, 0.2) is 11.3 Å². The van der Waals surface area contributed by atoms with Crippen LogP contribution in [0.3, 0.4) is 0 Å². The van der Waals surface area contributed by atoms with Gasteiger partial charge in [-0.3, -0.25) is 9.78 Å². The molecule has 1 aliphatic heterocycles. The quantitative estimate of drug-likeness (QED) is 0.450. The summed E-state index contributed by atoms with van der Waals surface area (Å²) >= 11 is 24.6. The molecule has 0 spiro atoms. The third-order valence-electron chi connectivity index (χ3n) is 4.94. The Morgan fingerprint density at radius 1 is 1.23 bits per heavy atom. The summed E-state index contributed by atoms with van der Waals surface area (Å²) in [5.74, 6) is 0.462. The summed E-state index contributed by atoms with van der Waals surface area (Å²) < 4.78 is 3.70.